The normalized spacial score (nSPS) is 16.6. The summed E-state index contributed by atoms with van der Waals surface area (Å²) in [6.45, 7) is 6.55. The van der Waals surface area contributed by atoms with Crippen molar-refractivity contribution in [1.29, 1.82) is 0 Å². The number of fused-ring (bicyclic) bond motifs is 1. The standard InChI is InChI=1S/C29H31FN4O/c1-20(2)21-9-13-24(14-10-21)31-29(35)22-6-5-17-33(18-22)19-28-32-26-7-3-4-8-27(26)34(28)25-15-11-23(30)12-16-25/h3-4,7-16,20,22H,5-6,17-19H2,1-2H3,(H,31,35)/t22-/m0/s1. The van der Waals surface area contributed by atoms with Gasteiger partial charge in [-0.1, -0.05) is 38.1 Å². The van der Waals surface area contributed by atoms with E-state index in [0.717, 1.165) is 47.6 Å². The van der Waals surface area contributed by atoms with Crippen LogP contribution in [0.25, 0.3) is 16.7 Å². The molecule has 0 radical (unpaired) electrons. The van der Waals surface area contributed by atoms with E-state index in [1.807, 2.05) is 36.4 Å². The van der Waals surface area contributed by atoms with Crippen LogP contribution >= 0.6 is 0 Å². The first kappa shape index (κ1) is 23.2. The molecule has 0 saturated carbocycles. The van der Waals surface area contributed by atoms with Gasteiger partial charge in [0.2, 0.25) is 5.91 Å². The molecule has 6 heteroatoms. The smallest absolute Gasteiger partial charge is 0.228 e. The molecule has 4 aromatic rings. The van der Waals surface area contributed by atoms with Crippen LogP contribution in [-0.2, 0) is 11.3 Å². The molecule has 1 aliphatic rings. The maximum absolute atomic E-state index is 13.6. The van der Waals surface area contributed by atoms with Crippen LogP contribution in [0.15, 0.2) is 72.8 Å². The molecule has 1 N–H and O–H groups in total. The number of rotatable bonds is 6. The van der Waals surface area contributed by atoms with Gasteiger partial charge in [0, 0.05) is 17.9 Å². The number of imidazole rings is 1. The molecule has 1 fully saturated rings. The molecule has 35 heavy (non-hydrogen) atoms. The lowest BCUT2D eigenvalue weighted by Crippen LogP contribution is -2.40. The summed E-state index contributed by atoms with van der Waals surface area (Å²) >= 11 is 0. The van der Waals surface area contributed by atoms with Gasteiger partial charge in [-0.3, -0.25) is 14.3 Å². The van der Waals surface area contributed by atoms with Crippen LogP contribution in [0.2, 0.25) is 0 Å². The Morgan fingerprint density at radius 3 is 2.54 bits per heavy atom. The lowest BCUT2D eigenvalue weighted by Gasteiger charge is -2.31. The fraction of sp³-hybridized carbons (Fsp3) is 0.310. The van der Waals surface area contributed by atoms with E-state index >= 15 is 0 Å². The SMILES string of the molecule is CC(C)c1ccc(NC(=O)[C@H]2CCCN(Cc3nc4ccccc4n3-c3ccc(F)cc3)C2)cc1. The largest absolute Gasteiger partial charge is 0.326 e. The van der Waals surface area contributed by atoms with E-state index in [9.17, 15) is 9.18 Å². The Labute approximate surface area is 205 Å². The van der Waals surface area contributed by atoms with Gasteiger partial charge in [0.1, 0.15) is 11.6 Å². The Balaban J connectivity index is 1.32. The Hall–Kier alpha value is -3.51. The predicted octanol–water partition coefficient (Wildman–Crippen LogP) is 6.14. The van der Waals surface area contributed by atoms with Gasteiger partial charge in [0.15, 0.2) is 0 Å². The van der Waals surface area contributed by atoms with Crippen molar-refractivity contribution < 1.29 is 9.18 Å². The number of likely N-dealkylation sites (tertiary alicyclic amines) is 1. The zero-order valence-electron chi connectivity index (χ0n) is 20.2. The van der Waals surface area contributed by atoms with Gasteiger partial charge >= 0.3 is 0 Å². The summed E-state index contributed by atoms with van der Waals surface area (Å²) in [5, 5.41) is 3.10. The monoisotopic (exact) mass is 470 g/mol. The number of benzene rings is 3. The second kappa shape index (κ2) is 10.0. The Morgan fingerprint density at radius 1 is 1.06 bits per heavy atom. The zero-order valence-corrected chi connectivity index (χ0v) is 20.2. The number of anilines is 1. The van der Waals surface area contributed by atoms with Crippen LogP contribution < -0.4 is 5.32 Å². The van der Waals surface area contributed by atoms with Crippen molar-refractivity contribution in [1.82, 2.24) is 14.5 Å². The zero-order chi connectivity index (χ0) is 24.4. The van der Waals surface area contributed by atoms with Crippen LogP contribution in [0.5, 0.6) is 0 Å². The number of piperidine rings is 1. The second-order valence-electron chi connectivity index (χ2n) is 9.67. The molecule has 5 nitrogen and oxygen atoms in total. The van der Waals surface area contributed by atoms with Crippen LogP contribution in [0, 0.1) is 11.7 Å². The number of hydrogen-bond donors (Lipinski definition) is 1. The molecule has 1 saturated heterocycles. The van der Waals surface area contributed by atoms with Gasteiger partial charge in [0.05, 0.1) is 23.5 Å². The molecule has 3 aromatic carbocycles. The number of halogens is 1. The summed E-state index contributed by atoms with van der Waals surface area (Å²) < 4.78 is 15.7. The Kier molecular flexibility index (Phi) is 6.64. The molecule has 180 valence electrons. The van der Waals surface area contributed by atoms with Crippen molar-refractivity contribution in [2.24, 2.45) is 5.92 Å². The first-order chi connectivity index (χ1) is 17.0. The molecular weight excluding hydrogens is 439 g/mol. The van der Waals surface area contributed by atoms with Crippen molar-refractivity contribution >= 4 is 22.6 Å². The van der Waals surface area contributed by atoms with E-state index in [0.29, 0.717) is 19.0 Å². The highest BCUT2D eigenvalue weighted by Crippen LogP contribution is 2.26. The summed E-state index contributed by atoms with van der Waals surface area (Å²) in [6.07, 6.45) is 1.84. The molecule has 0 bridgehead atoms. The lowest BCUT2D eigenvalue weighted by atomic mass is 9.97. The molecule has 1 atom stereocenters. The minimum atomic E-state index is -0.261. The summed E-state index contributed by atoms with van der Waals surface area (Å²) in [5.74, 6) is 1.09. The van der Waals surface area contributed by atoms with Gasteiger partial charge in [-0.15, -0.1) is 0 Å². The van der Waals surface area contributed by atoms with E-state index in [1.54, 1.807) is 12.1 Å². The molecule has 0 unspecified atom stereocenters. The number of amides is 1. The predicted molar refractivity (Wildman–Crippen MR) is 138 cm³/mol. The average Bonchev–Trinajstić information content (AvgIpc) is 3.23. The fourth-order valence-electron chi connectivity index (χ4n) is 4.87. The van der Waals surface area contributed by atoms with E-state index in [1.165, 1.54) is 17.7 Å². The number of carbonyl (C=O) groups excluding carboxylic acids is 1. The lowest BCUT2D eigenvalue weighted by molar-refractivity contribution is -0.121. The third-order valence-electron chi connectivity index (χ3n) is 6.80. The quantitative estimate of drug-likeness (QED) is 0.368. The van der Waals surface area contributed by atoms with Gasteiger partial charge in [-0.2, -0.15) is 0 Å². The molecule has 0 spiro atoms. The number of carbonyl (C=O) groups is 1. The third kappa shape index (κ3) is 5.13. The average molecular weight is 471 g/mol. The maximum Gasteiger partial charge on any atom is 0.228 e. The second-order valence-corrected chi connectivity index (χ2v) is 9.67. The Morgan fingerprint density at radius 2 is 1.80 bits per heavy atom. The highest BCUT2D eigenvalue weighted by molar-refractivity contribution is 5.92. The molecular formula is C29H31FN4O. The topological polar surface area (TPSA) is 50.2 Å². The van der Waals surface area contributed by atoms with E-state index in [-0.39, 0.29) is 17.6 Å². The van der Waals surface area contributed by atoms with Gasteiger partial charge in [-0.05, 0) is 79.4 Å². The molecule has 1 aliphatic heterocycles. The van der Waals surface area contributed by atoms with Gasteiger partial charge in [0.25, 0.3) is 0 Å². The minimum absolute atomic E-state index is 0.0686. The number of hydrogen-bond acceptors (Lipinski definition) is 3. The first-order valence-corrected chi connectivity index (χ1v) is 12.3. The maximum atomic E-state index is 13.6. The third-order valence-corrected chi connectivity index (χ3v) is 6.80. The van der Waals surface area contributed by atoms with Crippen LogP contribution in [0.3, 0.4) is 0 Å². The summed E-state index contributed by atoms with van der Waals surface area (Å²) in [6, 6.07) is 22.6. The fourth-order valence-corrected chi connectivity index (χ4v) is 4.87. The highest BCUT2D eigenvalue weighted by Gasteiger charge is 2.27. The highest BCUT2D eigenvalue weighted by atomic mass is 19.1. The summed E-state index contributed by atoms with van der Waals surface area (Å²) in [7, 11) is 0. The van der Waals surface area contributed by atoms with E-state index < -0.39 is 0 Å². The van der Waals surface area contributed by atoms with E-state index in [4.69, 9.17) is 4.98 Å². The first-order valence-electron chi connectivity index (χ1n) is 12.3. The minimum Gasteiger partial charge on any atom is -0.326 e. The molecule has 1 amide bonds. The summed E-state index contributed by atoms with van der Waals surface area (Å²) in [5.41, 5.74) is 4.88. The van der Waals surface area contributed by atoms with Crippen molar-refractivity contribution in [3.05, 3.63) is 90.0 Å². The molecule has 1 aromatic heterocycles. The number of nitrogens with one attached hydrogen (secondary N) is 1. The Bertz CT molecular complexity index is 1310. The van der Waals surface area contributed by atoms with Crippen molar-refractivity contribution in [2.45, 2.75) is 39.2 Å². The van der Waals surface area contributed by atoms with Crippen molar-refractivity contribution in [3.8, 4) is 5.69 Å². The summed E-state index contributed by atoms with van der Waals surface area (Å²) in [4.78, 5) is 20.2. The number of nitrogens with zero attached hydrogens (tertiary/aromatic N) is 3. The molecule has 2 heterocycles. The number of aromatic nitrogens is 2. The van der Waals surface area contributed by atoms with Crippen molar-refractivity contribution in [3.63, 3.8) is 0 Å². The molecule has 5 rings (SSSR count). The van der Waals surface area contributed by atoms with E-state index in [2.05, 4.69) is 40.8 Å². The van der Waals surface area contributed by atoms with Crippen LogP contribution in [-0.4, -0.2) is 33.4 Å². The van der Waals surface area contributed by atoms with Gasteiger partial charge in [-0.25, -0.2) is 9.37 Å². The molecule has 0 aliphatic carbocycles. The van der Waals surface area contributed by atoms with Crippen LogP contribution in [0.1, 0.15) is 44.0 Å². The number of para-hydroxylation sites is 2. The van der Waals surface area contributed by atoms with Crippen LogP contribution in [0.4, 0.5) is 10.1 Å². The van der Waals surface area contributed by atoms with Crippen molar-refractivity contribution in [2.75, 3.05) is 18.4 Å². The van der Waals surface area contributed by atoms with Gasteiger partial charge < -0.3 is 5.32 Å².